The van der Waals surface area contributed by atoms with Crippen LogP contribution >= 0.6 is 11.8 Å². The number of halogens is 3. The molecule has 2 nitrogen and oxygen atoms in total. The highest BCUT2D eigenvalue weighted by molar-refractivity contribution is 7.99. The number of nitrogens with one attached hydrogen (secondary N) is 1. The predicted octanol–water partition coefficient (Wildman–Crippen LogP) is 2.98. The maximum atomic E-state index is 13.2. The Morgan fingerprint density at radius 2 is 1.95 bits per heavy atom. The minimum absolute atomic E-state index is 0.313. The van der Waals surface area contributed by atoms with Crippen molar-refractivity contribution in [1.29, 1.82) is 0 Å². The lowest BCUT2D eigenvalue weighted by Gasteiger charge is -2.31. The van der Waals surface area contributed by atoms with Crippen LogP contribution in [0.3, 0.4) is 0 Å². The highest BCUT2D eigenvalue weighted by Gasteiger charge is 2.35. The molecule has 2 rings (SSSR count). The Morgan fingerprint density at radius 3 is 2.53 bits per heavy atom. The number of rotatable bonds is 3. The first-order valence-electron chi connectivity index (χ1n) is 6.20. The van der Waals surface area contributed by atoms with E-state index < -0.39 is 11.7 Å². The molecule has 0 aliphatic carbocycles. The van der Waals surface area contributed by atoms with E-state index in [1.807, 2.05) is 4.90 Å². The zero-order chi connectivity index (χ0) is 13.9. The third-order valence-electron chi connectivity index (χ3n) is 3.10. The van der Waals surface area contributed by atoms with Crippen LogP contribution in [0.4, 0.5) is 18.9 Å². The van der Waals surface area contributed by atoms with E-state index in [0.29, 0.717) is 30.9 Å². The van der Waals surface area contributed by atoms with E-state index >= 15 is 0 Å². The second-order valence-corrected chi connectivity index (χ2v) is 5.70. The molecule has 0 aromatic heterocycles. The standard InChI is InChI=1S/C13H17F3N2S/c1-17-9-10-2-3-12(11(8-10)13(14,15)16)18-4-6-19-7-5-18/h2-3,8,17H,4-7,9H2,1H3. The molecule has 0 radical (unpaired) electrons. The van der Waals surface area contributed by atoms with Gasteiger partial charge in [0.2, 0.25) is 0 Å². The lowest BCUT2D eigenvalue weighted by molar-refractivity contribution is -0.137. The normalized spacial score (nSPS) is 16.7. The first kappa shape index (κ1) is 14.5. The summed E-state index contributed by atoms with van der Waals surface area (Å²) in [5, 5.41) is 2.88. The van der Waals surface area contributed by atoms with Gasteiger partial charge in [-0.2, -0.15) is 24.9 Å². The summed E-state index contributed by atoms with van der Waals surface area (Å²) in [4.78, 5) is 1.84. The van der Waals surface area contributed by atoms with E-state index in [1.54, 1.807) is 30.9 Å². The fourth-order valence-electron chi connectivity index (χ4n) is 2.20. The summed E-state index contributed by atoms with van der Waals surface area (Å²) in [6, 6.07) is 4.63. The molecule has 0 bridgehead atoms. The van der Waals surface area contributed by atoms with Crippen molar-refractivity contribution in [2.75, 3.05) is 36.5 Å². The number of nitrogens with zero attached hydrogens (tertiary/aromatic N) is 1. The van der Waals surface area contributed by atoms with Gasteiger partial charge in [-0.15, -0.1) is 0 Å². The topological polar surface area (TPSA) is 15.3 Å². The molecule has 1 saturated heterocycles. The van der Waals surface area contributed by atoms with Crippen LogP contribution in [0.5, 0.6) is 0 Å². The Kier molecular flexibility index (Phi) is 4.62. The summed E-state index contributed by atoms with van der Waals surface area (Å²) in [6.07, 6.45) is -4.30. The van der Waals surface area contributed by atoms with E-state index in [0.717, 1.165) is 11.5 Å². The van der Waals surface area contributed by atoms with Crippen molar-refractivity contribution < 1.29 is 13.2 Å². The molecule has 1 fully saturated rings. The van der Waals surface area contributed by atoms with Crippen molar-refractivity contribution in [3.63, 3.8) is 0 Å². The van der Waals surface area contributed by atoms with Gasteiger partial charge in [0.05, 0.1) is 5.56 Å². The van der Waals surface area contributed by atoms with Crippen molar-refractivity contribution in [2.45, 2.75) is 12.7 Å². The number of hydrogen-bond donors (Lipinski definition) is 1. The highest BCUT2D eigenvalue weighted by Crippen LogP contribution is 2.38. The zero-order valence-electron chi connectivity index (χ0n) is 10.8. The SMILES string of the molecule is CNCc1ccc(N2CCSCC2)c(C(F)(F)F)c1. The van der Waals surface area contributed by atoms with Crippen LogP contribution in [0.25, 0.3) is 0 Å². The van der Waals surface area contributed by atoms with Gasteiger partial charge in [0.25, 0.3) is 0 Å². The minimum Gasteiger partial charge on any atom is -0.369 e. The smallest absolute Gasteiger partial charge is 0.369 e. The van der Waals surface area contributed by atoms with Crippen LogP contribution in [-0.4, -0.2) is 31.6 Å². The van der Waals surface area contributed by atoms with Gasteiger partial charge < -0.3 is 10.2 Å². The van der Waals surface area contributed by atoms with E-state index in [4.69, 9.17) is 0 Å². The number of anilines is 1. The van der Waals surface area contributed by atoms with Crippen LogP contribution in [0, 0.1) is 0 Å². The molecule has 0 unspecified atom stereocenters. The molecule has 6 heteroatoms. The molecule has 0 amide bonds. The Bertz CT molecular complexity index is 428. The summed E-state index contributed by atoms with van der Waals surface area (Å²) in [5.74, 6) is 1.77. The minimum atomic E-state index is -4.30. The fourth-order valence-corrected chi connectivity index (χ4v) is 3.11. The van der Waals surface area contributed by atoms with E-state index in [-0.39, 0.29) is 0 Å². The van der Waals surface area contributed by atoms with Crippen molar-refractivity contribution in [3.05, 3.63) is 29.3 Å². The average molecular weight is 290 g/mol. The number of hydrogen-bond acceptors (Lipinski definition) is 3. The Hall–Kier alpha value is -0.880. The second kappa shape index (κ2) is 6.05. The first-order chi connectivity index (χ1) is 9.02. The summed E-state index contributed by atoms with van der Waals surface area (Å²) < 4.78 is 39.5. The molecule has 1 aliphatic rings. The molecular weight excluding hydrogens is 273 g/mol. The lowest BCUT2D eigenvalue weighted by atomic mass is 10.1. The Balaban J connectivity index is 2.35. The van der Waals surface area contributed by atoms with Crippen LogP contribution in [0.1, 0.15) is 11.1 Å². The fraction of sp³-hybridized carbons (Fsp3) is 0.538. The van der Waals surface area contributed by atoms with Crippen LogP contribution in [0.2, 0.25) is 0 Å². The molecule has 1 aromatic rings. The molecule has 1 aromatic carbocycles. The molecule has 0 atom stereocenters. The highest BCUT2D eigenvalue weighted by atomic mass is 32.2. The zero-order valence-corrected chi connectivity index (χ0v) is 11.6. The Labute approximate surface area is 115 Å². The van der Waals surface area contributed by atoms with Crippen molar-refractivity contribution >= 4 is 17.4 Å². The molecule has 1 N–H and O–H groups in total. The predicted molar refractivity (Wildman–Crippen MR) is 73.7 cm³/mol. The van der Waals surface area contributed by atoms with Gasteiger partial charge in [0, 0.05) is 36.8 Å². The van der Waals surface area contributed by atoms with Crippen LogP contribution in [0.15, 0.2) is 18.2 Å². The summed E-state index contributed by atoms with van der Waals surface area (Å²) >= 11 is 1.79. The van der Waals surface area contributed by atoms with Crippen molar-refractivity contribution in [2.24, 2.45) is 0 Å². The summed E-state index contributed by atoms with van der Waals surface area (Å²) in [5.41, 5.74) is 0.449. The van der Waals surface area contributed by atoms with E-state index in [1.165, 1.54) is 6.07 Å². The van der Waals surface area contributed by atoms with E-state index in [2.05, 4.69) is 5.32 Å². The number of thioether (sulfide) groups is 1. The molecule has 1 aliphatic heterocycles. The number of alkyl halides is 3. The molecule has 0 spiro atoms. The van der Waals surface area contributed by atoms with Crippen molar-refractivity contribution in [3.8, 4) is 0 Å². The van der Waals surface area contributed by atoms with Gasteiger partial charge in [-0.25, -0.2) is 0 Å². The first-order valence-corrected chi connectivity index (χ1v) is 7.35. The van der Waals surface area contributed by atoms with Gasteiger partial charge in [-0.3, -0.25) is 0 Å². The van der Waals surface area contributed by atoms with Gasteiger partial charge in [-0.05, 0) is 24.7 Å². The molecular formula is C13H17F3N2S. The molecule has 1 heterocycles. The average Bonchev–Trinajstić information content (AvgIpc) is 2.39. The maximum absolute atomic E-state index is 13.2. The third-order valence-corrected chi connectivity index (χ3v) is 4.04. The Morgan fingerprint density at radius 1 is 1.26 bits per heavy atom. The monoisotopic (exact) mass is 290 g/mol. The van der Waals surface area contributed by atoms with Gasteiger partial charge in [-0.1, -0.05) is 6.07 Å². The second-order valence-electron chi connectivity index (χ2n) is 4.48. The molecule has 106 valence electrons. The summed E-state index contributed by atoms with van der Waals surface area (Å²) in [7, 11) is 1.73. The maximum Gasteiger partial charge on any atom is 0.418 e. The molecule has 0 saturated carbocycles. The van der Waals surface area contributed by atoms with Crippen LogP contribution in [-0.2, 0) is 12.7 Å². The van der Waals surface area contributed by atoms with E-state index in [9.17, 15) is 13.2 Å². The summed E-state index contributed by atoms with van der Waals surface area (Å²) in [6.45, 7) is 1.80. The third kappa shape index (κ3) is 3.57. The molecule has 19 heavy (non-hydrogen) atoms. The van der Waals surface area contributed by atoms with Gasteiger partial charge >= 0.3 is 6.18 Å². The van der Waals surface area contributed by atoms with Crippen LogP contribution < -0.4 is 10.2 Å². The number of benzene rings is 1. The largest absolute Gasteiger partial charge is 0.418 e. The van der Waals surface area contributed by atoms with Crippen molar-refractivity contribution in [1.82, 2.24) is 5.32 Å². The van der Waals surface area contributed by atoms with Gasteiger partial charge in [0.1, 0.15) is 0 Å². The quantitative estimate of drug-likeness (QED) is 0.921. The van der Waals surface area contributed by atoms with Gasteiger partial charge in [0.15, 0.2) is 0 Å². The lowest BCUT2D eigenvalue weighted by Crippen LogP contribution is -2.34.